The van der Waals surface area contributed by atoms with Crippen molar-refractivity contribution < 1.29 is 19.1 Å². The monoisotopic (exact) mass is 456 g/mol. The van der Waals surface area contributed by atoms with Gasteiger partial charge < -0.3 is 21.1 Å². The maximum atomic E-state index is 14.1. The Bertz CT molecular complexity index is 1170. The molecule has 1 unspecified atom stereocenters. The predicted molar refractivity (Wildman–Crippen MR) is 125 cm³/mol. The molecule has 3 heterocycles. The van der Waals surface area contributed by atoms with Crippen LogP contribution in [0.1, 0.15) is 45.0 Å². The number of hydrogen-bond donors (Lipinski definition) is 4. The van der Waals surface area contributed by atoms with Gasteiger partial charge in [-0.3, -0.25) is 14.2 Å². The Morgan fingerprint density at radius 2 is 1.94 bits per heavy atom. The average Bonchev–Trinajstić information content (AvgIpc) is 3.13. The van der Waals surface area contributed by atoms with Crippen LogP contribution < -0.4 is 16.0 Å². The molecule has 176 valence electrons. The topological polar surface area (TPSA) is 121 Å². The molecule has 0 radical (unpaired) electrons. The second kappa shape index (κ2) is 9.53. The second-order valence-electron chi connectivity index (χ2n) is 8.72. The van der Waals surface area contributed by atoms with Crippen LogP contribution >= 0.6 is 0 Å². The Morgan fingerprint density at radius 1 is 1.21 bits per heavy atom. The summed E-state index contributed by atoms with van der Waals surface area (Å²) in [6, 6.07) is 5.41. The van der Waals surface area contributed by atoms with E-state index in [1.54, 1.807) is 23.0 Å². The number of aliphatic hydroxyl groups is 1. The van der Waals surface area contributed by atoms with Crippen LogP contribution in [0.5, 0.6) is 0 Å². The molecule has 0 spiro atoms. The van der Waals surface area contributed by atoms with Gasteiger partial charge in [-0.05, 0) is 39.8 Å². The lowest BCUT2D eigenvalue weighted by Crippen LogP contribution is -2.42. The normalized spacial score (nSPS) is 12.6. The largest absolute Gasteiger partial charge is 0.387 e. The van der Waals surface area contributed by atoms with Crippen LogP contribution in [0, 0.1) is 0 Å². The molecule has 0 saturated carbocycles. The van der Waals surface area contributed by atoms with Crippen molar-refractivity contribution in [3.05, 3.63) is 42.4 Å². The Balaban J connectivity index is 1.92. The molecule has 0 aliphatic carbocycles. The molecule has 0 bridgehead atoms. The van der Waals surface area contributed by atoms with E-state index < -0.39 is 17.7 Å². The molecule has 10 heteroatoms. The molecule has 3 aromatic heterocycles. The number of nitrogens with one attached hydrogen (secondary N) is 3. The van der Waals surface area contributed by atoms with E-state index in [0.29, 0.717) is 22.8 Å². The van der Waals surface area contributed by atoms with E-state index in [2.05, 4.69) is 25.9 Å². The molecule has 9 nitrogen and oxygen atoms in total. The number of aromatic nitrogens is 3. The quantitative estimate of drug-likeness (QED) is 0.413. The third kappa shape index (κ3) is 5.83. The molecule has 3 rings (SSSR count). The highest BCUT2D eigenvalue weighted by Crippen LogP contribution is 2.24. The zero-order chi connectivity index (χ0) is 24.3. The SMILES string of the molecule is CC(=O)Nc1cnc2c(ccn2-c2cc(NC(C)C)c(C(=O)NCC(F)C(C)(C)O)cn2)c1. The lowest BCUT2D eigenvalue weighted by atomic mass is 10.0. The Morgan fingerprint density at radius 3 is 2.58 bits per heavy atom. The Hall–Kier alpha value is -3.53. The summed E-state index contributed by atoms with van der Waals surface area (Å²) in [7, 11) is 0. The van der Waals surface area contributed by atoms with Crippen molar-refractivity contribution in [2.45, 2.75) is 52.4 Å². The highest BCUT2D eigenvalue weighted by Gasteiger charge is 2.27. The highest BCUT2D eigenvalue weighted by molar-refractivity contribution is 5.99. The first-order valence-corrected chi connectivity index (χ1v) is 10.6. The molecule has 0 aromatic carbocycles. The standard InChI is InChI=1S/C23H29FN6O3/c1-13(2)28-18-9-20(25-11-17(18)22(32)27-12-19(24)23(4,5)33)30-7-6-15-8-16(29-14(3)31)10-26-21(15)30/h6-11,13,19,33H,12H2,1-5H3,(H,25,28)(H,27,32)(H,29,31). The smallest absolute Gasteiger partial charge is 0.255 e. The first-order valence-electron chi connectivity index (χ1n) is 10.6. The number of nitrogens with zero attached hydrogens (tertiary/aromatic N) is 3. The van der Waals surface area contributed by atoms with Gasteiger partial charge in [0.1, 0.15) is 17.6 Å². The van der Waals surface area contributed by atoms with Gasteiger partial charge in [0.15, 0.2) is 0 Å². The van der Waals surface area contributed by atoms with Gasteiger partial charge >= 0.3 is 0 Å². The summed E-state index contributed by atoms with van der Waals surface area (Å²) in [6.07, 6.45) is 3.16. The van der Waals surface area contributed by atoms with E-state index in [1.165, 1.54) is 27.0 Å². The number of carbonyl (C=O) groups is 2. The summed E-state index contributed by atoms with van der Waals surface area (Å²) in [5, 5.41) is 19.0. The maximum absolute atomic E-state index is 14.1. The van der Waals surface area contributed by atoms with Crippen molar-refractivity contribution in [2.24, 2.45) is 0 Å². The Labute approximate surface area is 191 Å². The van der Waals surface area contributed by atoms with Crippen LogP contribution in [-0.4, -0.2) is 55.8 Å². The van der Waals surface area contributed by atoms with Crippen molar-refractivity contribution in [1.29, 1.82) is 0 Å². The number of hydrogen-bond acceptors (Lipinski definition) is 6. The molecule has 2 amide bonds. The van der Waals surface area contributed by atoms with Crippen LogP contribution in [0.15, 0.2) is 36.8 Å². The van der Waals surface area contributed by atoms with E-state index in [-0.39, 0.29) is 24.1 Å². The van der Waals surface area contributed by atoms with Crippen molar-refractivity contribution in [3.63, 3.8) is 0 Å². The summed E-state index contributed by atoms with van der Waals surface area (Å²) in [5.74, 6) is -0.152. The molecule has 3 aromatic rings. The third-order valence-corrected chi connectivity index (χ3v) is 4.88. The molecule has 0 aliphatic heterocycles. The number of amides is 2. The van der Waals surface area contributed by atoms with Crippen LogP contribution in [-0.2, 0) is 4.79 Å². The van der Waals surface area contributed by atoms with Gasteiger partial charge in [-0.25, -0.2) is 14.4 Å². The van der Waals surface area contributed by atoms with Crippen LogP contribution in [0.4, 0.5) is 15.8 Å². The van der Waals surface area contributed by atoms with E-state index in [1.807, 2.05) is 26.0 Å². The fraction of sp³-hybridized carbons (Fsp3) is 0.391. The fourth-order valence-corrected chi connectivity index (χ4v) is 3.20. The summed E-state index contributed by atoms with van der Waals surface area (Å²) in [5.41, 5.74) is 0.453. The summed E-state index contributed by atoms with van der Waals surface area (Å²) >= 11 is 0. The van der Waals surface area contributed by atoms with Crippen molar-refractivity contribution in [2.75, 3.05) is 17.2 Å². The molecule has 4 N–H and O–H groups in total. The van der Waals surface area contributed by atoms with E-state index in [9.17, 15) is 19.1 Å². The van der Waals surface area contributed by atoms with Crippen LogP contribution in [0.25, 0.3) is 16.9 Å². The zero-order valence-corrected chi connectivity index (χ0v) is 19.3. The molecular formula is C23H29FN6O3. The minimum atomic E-state index is -1.62. The summed E-state index contributed by atoms with van der Waals surface area (Å²) < 4.78 is 15.8. The van der Waals surface area contributed by atoms with Gasteiger partial charge in [-0.1, -0.05) is 0 Å². The highest BCUT2D eigenvalue weighted by atomic mass is 19.1. The average molecular weight is 457 g/mol. The predicted octanol–water partition coefficient (Wildman–Crippen LogP) is 3.04. The van der Waals surface area contributed by atoms with Gasteiger partial charge in [0.25, 0.3) is 5.91 Å². The van der Waals surface area contributed by atoms with Gasteiger partial charge in [-0.2, -0.15) is 0 Å². The molecule has 1 atom stereocenters. The summed E-state index contributed by atoms with van der Waals surface area (Å²) in [4.78, 5) is 32.9. The van der Waals surface area contributed by atoms with Crippen LogP contribution in [0.2, 0.25) is 0 Å². The number of fused-ring (bicyclic) bond motifs is 1. The third-order valence-electron chi connectivity index (χ3n) is 4.88. The molecule has 33 heavy (non-hydrogen) atoms. The van der Waals surface area contributed by atoms with Gasteiger partial charge in [0.2, 0.25) is 5.91 Å². The van der Waals surface area contributed by atoms with Gasteiger partial charge in [0.05, 0.1) is 35.3 Å². The van der Waals surface area contributed by atoms with E-state index >= 15 is 0 Å². The fourth-order valence-electron chi connectivity index (χ4n) is 3.20. The molecule has 0 fully saturated rings. The first kappa shape index (κ1) is 24.1. The molecule has 0 saturated heterocycles. The number of anilines is 2. The number of pyridine rings is 2. The van der Waals surface area contributed by atoms with Crippen molar-refractivity contribution in [1.82, 2.24) is 19.9 Å². The Kier molecular flexibility index (Phi) is 6.97. The minimum absolute atomic E-state index is 0.0249. The molecule has 0 aliphatic rings. The first-order chi connectivity index (χ1) is 15.5. The second-order valence-corrected chi connectivity index (χ2v) is 8.72. The number of rotatable bonds is 8. The van der Waals surface area contributed by atoms with Crippen molar-refractivity contribution in [3.8, 4) is 5.82 Å². The van der Waals surface area contributed by atoms with Gasteiger partial charge in [-0.15, -0.1) is 0 Å². The lowest BCUT2D eigenvalue weighted by Gasteiger charge is -2.23. The van der Waals surface area contributed by atoms with E-state index in [0.717, 1.165) is 5.39 Å². The zero-order valence-electron chi connectivity index (χ0n) is 19.3. The van der Waals surface area contributed by atoms with Crippen LogP contribution in [0.3, 0.4) is 0 Å². The van der Waals surface area contributed by atoms with Crippen molar-refractivity contribution >= 4 is 34.2 Å². The van der Waals surface area contributed by atoms with E-state index in [4.69, 9.17) is 0 Å². The number of halogens is 1. The summed E-state index contributed by atoms with van der Waals surface area (Å²) in [6.45, 7) is 7.67. The molecular weight excluding hydrogens is 427 g/mol. The maximum Gasteiger partial charge on any atom is 0.255 e. The minimum Gasteiger partial charge on any atom is -0.387 e. The lowest BCUT2D eigenvalue weighted by molar-refractivity contribution is -0.114. The van der Waals surface area contributed by atoms with Gasteiger partial charge in [0, 0.05) is 36.8 Å². The number of alkyl halides is 1. The number of carbonyl (C=O) groups excluding carboxylic acids is 2.